The number of rotatable bonds is 2. The molecule has 0 radical (unpaired) electrons. The number of benzene rings is 2. The van der Waals surface area contributed by atoms with Crippen LogP contribution in [0, 0.1) is 6.92 Å². The van der Waals surface area contributed by atoms with Crippen molar-refractivity contribution in [3.8, 4) is 5.75 Å². The number of para-hydroxylation sites is 1. The number of nitrogens with zero attached hydrogens (tertiary/aromatic N) is 1. The maximum absolute atomic E-state index is 12.7. The number of anilines is 1. The Morgan fingerprint density at radius 2 is 1.79 bits per heavy atom. The Bertz CT molecular complexity index is 886. The molecular formula is C18H14N2O4. The number of hydrogen-bond donors (Lipinski definition) is 2. The average molecular weight is 322 g/mol. The smallest absolute Gasteiger partial charge is 0.335 e. The topological polar surface area (TPSA) is 86.7 Å². The summed E-state index contributed by atoms with van der Waals surface area (Å²) in [5, 5.41) is 11.7. The van der Waals surface area contributed by atoms with Crippen LogP contribution in [-0.4, -0.2) is 23.0 Å². The van der Waals surface area contributed by atoms with Gasteiger partial charge in [-0.3, -0.25) is 14.9 Å². The number of aromatic hydroxyl groups is 1. The van der Waals surface area contributed by atoms with Crippen molar-refractivity contribution >= 4 is 29.6 Å². The summed E-state index contributed by atoms with van der Waals surface area (Å²) in [5.41, 5.74) is 1.44. The number of phenolic OH excluding ortho intramolecular Hbond substituents is 1. The van der Waals surface area contributed by atoms with E-state index in [9.17, 15) is 19.5 Å². The predicted molar refractivity (Wildman–Crippen MR) is 88.3 cm³/mol. The first-order valence-corrected chi connectivity index (χ1v) is 7.23. The van der Waals surface area contributed by atoms with Crippen LogP contribution in [0.1, 0.15) is 11.1 Å². The Kier molecular flexibility index (Phi) is 3.87. The van der Waals surface area contributed by atoms with Gasteiger partial charge in [0.05, 0.1) is 5.69 Å². The van der Waals surface area contributed by atoms with Gasteiger partial charge in [0.2, 0.25) is 0 Å². The van der Waals surface area contributed by atoms with Crippen LogP contribution in [-0.2, 0) is 9.59 Å². The Hall–Kier alpha value is -3.41. The molecule has 0 bridgehead atoms. The van der Waals surface area contributed by atoms with Crippen molar-refractivity contribution in [3.05, 3.63) is 65.2 Å². The van der Waals surface area contributed by atoms with E-state index < -0.39 is 17.8 Å². The number of amides is 4. The third-order valence-corrected chi connectivity index (χ3v) is 3.64. The molecule has 0 spiro atoms. The molecule has 0 atom stereocenters. The number of carbonyl (C=O) groups excluding carboxylic acids is 3. The summed E-state index contributed by atoms with van der Waals surface area (Å²) in [6, 6.07) is 12.2. The number of hydrogen-bond acceptors (Lipinski definition) is 4. The fourth-order valence-corrected chi connectivity index (χ4v) is 2.47. The van der Waals surface area contributed by atoms with Gasteiger partial charge in [-0.1, -0.05) is 30.3 Å². The predicted octanol–water partition coefficient (Wildman–Crippen LogP) is 2.37. The van der Waals surface area contributed by atoms with Crippen molar-refractivity contribution in [2.24, 2.45) is 0 Å². The van der Waals surface area contributed by atoms with Gasteiger partial charge in [-0.25, -0.2) is 9.69 Å². The molecule has 2 aromatic carbocycles. The molecule has 2 N–H and O–H groups in total. The lowest BCUT2D eigenvalue weighted by Crippen LogP contribution is -2.54. The standard InChI is InChI=1S/C18H14N2O4/c1-11-5-2-3-8-15(11)20-17(23)14(16(22)19-18(20)24)10-12-6-4-7-13(21)9-12/h2-10,21H,1H3,(H,19,22,24)/b14-10+. The second-order valence-electron chi connectivity index (χ2n) is 5.34. The Morgan fingerprint density at radius 1 is 1.04 bits per heavy atom. The molecule has 2 aromatic rings. The van der Waals surface area contributed by atoms with E-state index >= 15 is 0 Å². The van der Waals surface area contributed by atoms with E-state index in [1.54, 1.807) is 43.3 Å². The largest absolute Gasteiger partial charge is 0.508 e. The first kappa shape index (κ1) is 15.5. The van der Waals surface area contributed by atoms with Crippen LogP contribution in [0.5, 0.6) is 5.75 Å². The van der Waals surface area contributed by atoms with Gasteiger partial charge in [-0.15, -0.1) is 0 Å². The summed E-state index contributed by atoms with van der Waals surface area (Å²) in [6.07, 6.45) is 1.34. The molecule has 0 saturated carbocycles. The molecule has 24 heavy (non-hydrogen) atoms. The number of nitrogens with one attached hydrogen (secondary N) is 1. The van der Waals surface area contributed by atoms with E-state index in [-0.39, 0.29) is 11.3 Å². The van der Waals surface area contributed by atoms with E-state index in [0.717, 1.165) is 10.5 Å². The highest BCUT2D eigenvalue weighted by Gasteiger charge is 2.37. The quantitative estimate of drug-likeness (QED) is 0.656. The fourth-order valence-electron chi connectivity index (χ4n) is 2.47. The highest BCUT2D eigenvalue weighted by molar-refractivity contribution is 6.39. The monoisotopic (exact) mass is 322 g/mol. The van der Waals surface area contributed by atoms with Gasteiger partial charge in [-0.05, 0) is 42.3 Å². The van der Waals surface area contributed by atoms with E-state index in [0.29, 0.717) is 11.3 Å². The third-order valence-electron chi connectivity index (χ3n) is 3.64. The van der Waals surface area contributed by atoms with Crippen molar-refractivity contribution in [1.82, 2.24) is 5.32 Å². The maximum atomic E-state index is 12.7. The molecule has 0 aromatic heterocycles. The SMILES string of the molecule is Cc1ccccc1N1C(=O)NC(=O)/C(=C\c2cccc(O)c2)C1=O. The van der Waals surface area contributed by atoms with Crippen LogP contribution in [0.2, 0.25) is 0 Å². The highest BCUT2D eigenvalue weighted by atomic mass is 16.3. The molecule has 0 aliphatic carbocycles. The molecule has 6 nitrogen and oxygen atoms in total. The zero-order chi connectivity index (χ0) is 17.3. The van der Waals surface area contributed by atoms with Gasteiger partial charge in [0, 0.05) is 0 Å². The zero-order valence-electron chi connectivity index (χ0n) is 12.8. The Balaban J connectivity index is 2.05. The van der Waals surface area contributed by atoms with Crippen molar-refractivity contribution in [2.75, 3.05) is 4.90 Å². The van der Waals surface area contributed by atoms with Crippen molar-refractivity contribution in [1.29, 1.82) is 0 Å². The number of carbonyl (C=O) groups is 3. The first-order valence-electron chi connectivity index (χ1n) is 7.23. The van der Waals surface area contributed by atoms with Gasteiger partial charge >= 0.3 is 6.03 Å². The van der Waals surface area contributed by atoms with Crippen LogP contribution in [0.25, 0.3) is 6.08 Å². The van der Waals surface area contributed by atoms with E-state index in [4.69, 9.17) is 0 Å². The molecule has 1 heterocycles. The fraction of sp³-hybridized carbons (Fsp3) is 0.0556. The Labute approximate surface area is 138 Å². The van der Waals surface area contributed by atoms with Gasteiger partial charge in [0.25, 0.3) is 11.8 Å². The minimum Gasteiger partial charge on any atom is -0.508 e. The number of aryl methyl sites for hydroxylation is 1. The number of urea groups is 1. The van der Waals surface area contributed by atoms with Crippen molar-refractivity contribution in [3.63, 3.8) is 0 Å². The second-order valence-corrected chi connectivity index (χ2v) is 5.34. The molecular weight excluding hydrogens is 308 g/mol. The van der Waals surface area contributed by atoms with E-state index in [1.165, 1.54) is 18.2 Å². The Morgan fingerprint density at radius 3 is 2.50 bits per heavy atom. The molecule has 1 aliphatic heterocycles. The summed E-state index contributed by atoms with van der Waals surface area (Å²) in [4.78, 5) is 37.8. The van der Waals surface area contributed by atoms with Crippen LogP contribution < -0.4 is 10.2 Å². The van der Waals surface area contributed by atoms with Crippen LogP contribution in [0.3, 0.4) is 0 Å². The summed E-state index contributed by atoms with van der Waals surface area (Å²) >= 11 is 0. The second kappa shape index (κ2) is 6.00. The van der Waals surface area contributed by atoms with Crippen LogP contribution in [0.4, 0.5) is 10.5 Å². The number of phenols is 1. The van der Waals surface area contributed by atoms with Crippen molar-refractivity contribution in [2.45, 2.75) is 6.92 Å². The summed E-state index contributed by atoms with van der Waals surface area (Å²) in [7, 11) is 0. The molecule has 3 rings (SSSR count). The lowest BCUT2D eigenvalue weighted by atomic mass is 10.1. The highest BCUT2D eigenvalue weighted by Crippen LogP contribution is 2.25. The first-order chi connectivity index (χ1) is 11.5. The average Bonchev–Trinajstić information content (AvgIpc) is 2.53. The normalized spacial score (nSPS) is 16.5. The summed E-state index contributed by atoms with van der Waals surface area (Å²) in [6.45, 7) is 1.77. The minimum absolute atomic E-state index is 0.0138. The molecule has 0 unspecified atom stereocenters. The lowest BCUT2D eigenvalue weighted by Gasteiger charge is -2.27. The number of barbiturate groups is 1. The van der Waals surface area contributed by atoms with Gasteiger partial charge in [0.15, 0.2) is 0 Å². The van der Waals surface area contributed by atoms with Gasteiger partial charge in [0.1, 0.15) is 11.3 Å². The molecule has 6 heteroatoms. The van der Waals surface area contributed by atoms with Gasteiger partial charge in [-0.2, -0.15) is 0 Å². The number of imide groups is 2. The molecule has 1 saturated heterocycles. The van der Waals surface area contributed by atoms with Crippen molar-refractivity contribution < 1.29 is 19.5 Å². The third kappa shape index (κ3) is 2.77. The van der Waals surface area contributed by atoms with E-state index in [1.807, 2.05) is 0 Å². The molecule has 1 aliphatic rings. The molecule has 120 valence electrons. The van der Waals surface area contributed by atoms with Gasteiger partial charge < -0.3 is 5.11 Å². The van der Waals surface area contributed by atoms with Crippen LogP contribution in [0.15, 0.2) is 54.1 Å². The van der Waals surface area contributed by atoms with Crippen LogP contribution >= 0.6 is 0 Å². The van der Waals surface area contributed by atoms with E-state index in [2.05, 4.69) is 5.32 Å². The zero-order valence-corrected chi connectivity index (χ0v) is 12.8. The summed E-state index contributed by atoms with van der Waals surface area (Å²) in [5.74, 6) is -1.46. The molecule has 4 amide bonds. The lowest BCUT2D eigenvalue weighted by molar-refractivity contribution is -0.122. The summed E-state index contributed by atoms with van der Waals surface area (Å²) < 4.78 is 0. The molecule has 1 fully saturated rings. The maximum Gasteiger partial charge on any atom is 0.335 e. The minimum atomic E-state index is -0.785.